The van der Waals surface area contributed by atoms with Crippen LogP contribution in [0.1, 0.15) is 0 Å². The van der Waals surface area contributed by atoms with Crippen molar-refractivity contribution in [3.05, 3.63) is 52.5 Å². The van der Waals surface area contributed by atoms with Crippen LogP contribution in [0, 0.1) is 0 Å². The van der Waals surface area contributed by atoms with E-state index in [-0.39, 0.29) is 16.5 Å². The summed E-state index contributed by atoms with van der Waals surface area (Å²) in [6.45, 7) is 0.687. The van der Waals surface area contributed by atoms with Crippen LogP contribution in [0.5, 0.6) is 0 Å². The molecule has 3 rings (SSSR count). The number of nitrogens with one attached hydrogen (secondary N) is 2. The molecule has 1 aliphatic heterocycles. The van der Waals surface area contributed by atoms with E-state index in [9.17, 15) is 18.0 Å². The standard InChI is InChI=1S/C17H16Cl2N4O4S/c1-22(28(26,27)15-7-2-11(18)10-14(15)19)13-5-3-12(4-6-13)21-17(25)23-9-8-20-16(23)24/h2-7,10H,8-9H2,1H3,(H,20,24)(H,21,25). The lowest BCUT2D eigenvalue weighted by atomic mass is 10.3. The third-order valence-corrected chi connectivity index (χ3v) is 6.62. The number of halogens is 2. The van der Waals surface area contributed by atoms with Gasteiger partial charge in [0.05, 0.1) is 10.7 Å². The van der Waals surface area contributed by atoms with Crippen LogP contribution in [0.25, 0.3) is 0 Å². The fourth-order valence-electron chi connectivity index (χ4n) is 2.58. The molecule has 0 radical (unpaired) electrons. The zero-order valence-electron chi connectivity index (χ0n) is 14.6. The molecule has 28 heavy (non-hydrogen) atoms. The molecule has 1 fully saturated rings. The number of rotatable bonds is 4. The van der Waals surface area contributed by atoms with Crippen molar-refractivity contribution in [1.82, 2.24) is 10.2 Å². The molecule has 0 atom stereocenters. The lowest BCUT2D eigenvalue weighted by Crippen LogP contribution is -2.37. The molecular formula is C17H16Cl2N4O4S. The minimum absolute atomic E-state index is 0.0205. The van der Waals surface area contributed by atoms with Crippen molar-refractivity contribution in [3.63, 3.8) is 0 Å². The van der Waals surface area contributed by atoms with Gasteiger partial charge in [-0.15, -0.1) is 0 Å². The van der Waals surface area contributed by atoms with E-state index in [0.717, 1.165) is 9.21 Å². The normalized spacial score (nSPS) is 14.0. The second kappa shape index (κ2) is 7.86. The topological polar surface area (TPSA) is 98.8 Å². The first kappa shape index (κ1) is 20.2. The van der Waals surface area contributed by atoms with Gasteiger partial charge in [0, 0.05) is 30.8 Å². The van der Waals surface area contributed by atoms with Crippen LogP contribution < -0.4 is 14.9 Å². The average Bonchev–Trinajstić information content (AvgIpc) is 3.07. The maximum Gasteiger partial charge on any atom is 0.330 e. The molecule has 11 heteroatoms. The van der Waals surface area contributed by atoms with Crippen molar-refractivity contribution >= 4 is 56.7 Å². The molecule has 1 heterocycles. The number of benzene rings is 2. The van der Waals surface area contributed by atoms with Gasteiger partial charge in [0.2, 0.25) is 0 Å². The monoisotopic (exact) mass is 442 g/mol. The van der Waals surface area contributed by atoms with Gasteiger partial charge < -0.3 is 10.6 Å². The summed E-state index contributed by atoms with van der Waals surface area (Å²) in [6, 6.07) is 9.26. The predicted octanol–water partition coefficient (Wildman–Crippen LogP) is 3.38. The Balaban J connectivity index is 1.77. The smallest absolute Gasteiger partial charge is 0.330 e. The van der Waals surface area contributed by atoms with E-state index >= 15 is 0 Å². The van der Waals surface area contributed by atoms with Gasteiger partial charge in [0.15, 0.2) is 0 Å². The van der Waals surface area contributed by atoms with Crippen LogP contribution in [0.4, 0.5) is 21.0 Å². The van der Waals surface area contributed by atoms with E-state index in [2.05, 4.69) is 10.6 Å². The molecule has 0 aromatic heterocycles. The molecule has 2 aromatic rings. The summed E-state index contributed by atoms with van der Waals surface area (Å²) in [7, 11) is -2.51. The number of sulfonamides is 1. The van der Waals surface area contributed by atoms with Gasteiger partial charge in [-0.1, -0.05) is 23.2 Å². The number of carbonyl (C=O) groups excluding carboxylic acids is 2. The first-order valence-electron chi connectivity index (χ1n) is 8.10. The highest BCUT2D eigenvalue weighted by molar-refractivity contribution is 7.93. The molecule has 2 N–H and O–H groups in total. The maximum absolute atomic E-state index is 12.8. The molecule has 1 saturated heterocycles. The molecule has 0 spiro atoms. The van der Waals surface area contributed by atoms with Gasteiger partial charge in [0.25, 0.3) is 10.0 Å². The van der Waals surface area contributed by atoms with Crippen LogP contribution >= 0.6 is 23.2 Å². The number of amides is 4. The minimum Gasteiger partial charge on any atom is -0.336 e. The molecule has 148 valence electrons. The number of anilines is 2. The zero-order chi connectivity index (χ0) is 20.5. The number of nitrogens with zero attached hydrogens (tertiary/aromatic N) is 2. The first-order valence-corrected chi connectivity index (χ1v) is 10.3. The number of hydrogen-bond acceptors (Lipinski definition) is 4. The van der Waals surface area contributed by atoms with Crippen LogP contribution in [0.2, 0.25) is 10.0 Å². The SMILES string of the molecule is CN(c1ccc(NC(=O)N2CCNC2=O)cc1)S(=O)(=O)c1ccc(Cl)cc1Cl. The summed E-state index contributed by atoms with van der Waals surface area (Å²) < 4.78 is 26.7. The first-order chi connectivity index (χ1) is 13.2. The van der Waals surface area contributed by atoms with Crippen LogP contribution in [0.3, 0.4) is 0 Å². The van der Waals surface area contributed by atoms with Crippen molar-refractivity contribution in [2.24, 2.45) is 0 Å². The number of carbonyl (C=O) groups is 2. The Morgan fingerprint density at radius 3 is 2.43 bits per heavy atom. The Labute approximate surface area is 172 Å². The highest BCUT2D eigenvalue weighted by Crippen LogP contribution is 2.30. The second-order valence-corrected chi connectivity index (χ2v) is 8.69. The largest absolute Gasteiger partial charge is 0.336 e. The molecule has 2 aromatic carbocycles. The van der Waals surface area contributed by atoms with E-state index in [1.807, 2.05) is 0 Å². The molecule has 4 amide bonds. The van der Waals surface area contributed by atoms with E-state index < -0.39 is 22.1 Å². The molecule has 0 saturated carbocycles. The van der Waals surface area contributed by atoms with Crippen molar-refractivity contribution < 1.29 is 18.0 Å². The Morgan fingerprint density at radius 1 is 1.18 bits per heavy atom. The van der Waals surface area contributed by atoms with E-state index in [1.165, 1.54) is 49.5 Å². The van der Waals surface area contributed by atoms with Gasteiger partial charge in [-0.3, -0.25) is 4.31 Å². The van der Waals surface area contributed by atoms with Crippen LogP contribution in [-0.4, -0.2) is 45.5 Å². The quantitative estimate of drug-likeness (QED) is 0.757. The molecule has 0 bridgehead atoms. The lowest BCUT2D eigenvalue weighted by molar-refractivity contribution is 0.207. The average molecular weight is 443 g/mol. The summed E-state index contributed by atoms with van der Waals surface area (Å²) in [5.74, 6) is 0. The van der Waals surface area contributed by atoms with E-state index in [4.69, 9.17) is 23.2 Å². The van der Waals surface area contributed by atoms with Crippen molar-refractivity contribution in [1.29, 1.82) is 0 Å². The van der Waals surface area contributed by atoms with Crippen LogP contribution in [-0.2, 0) is 10.0 Å². The summed E-state index contributed by atoms with van der Waals surface area (Å²) in [5.41, 5.74) is 0.784. The number of imide groups is 1. The summed E-state index contributed by atoms with van der Waals surface area (Å²) >= 11 is 11.8. The van der Waals surface area contributed by atoms with Gasteiger partial charge in [-0.2, -0.15) is 0 Å². The summed E-state index contributed by atoms with van der Waals surface area (Å²) in [5, 5.41) is 5.48. The van der Waals surface area contributed by atoms with Crippen molar-refractivity contribution in [2.45, 2.75) is 4.90 Å². The highest BCUT2D eigenvalue weighted by atomic mass is 35.5. The van der Waals surface area contributed by atoms with E-state index in [0.29, 0.717) is 22.9 Å². The minimum atomic E-state index is -3.90. The summed E-state index contributed by atoms with van der Waals surface area (Å²) in [6.07, 6.45) is 0. The summed E-state index contributed by atoms with van der Waals surface area (Å²) in [4.78, 5) is 24.6. The Kier molecular flexibility index (Phi) is 5.69. The zero-order valence-corrected chi connectivity index (χ0v) is 17.0. The molecule has 0 unspecified atom stereocenters. The molecular weight excluding hydrogens is 427 g/mol. The fourth-order valence-corrected chi connectivity index (χ4v) is 4.52. The van der Waals surface area contributed by atoms with E-state index in [1.54, 1.807) is 0 Å². The van der Waals surface area contributed by atoms with Gasteiger partial charge in [-0.05, 0) is 42.5 Å². The number of hydrogen-bond donors (Lipinski definition) is 2. The van der Waals surface area contributed by atoms with Crippen molar-refractivity contribution in [3.8, 4) is 0 Å². The highest BCUT2D eigenvalue weighted by Gasteiger charge is 2.27. The Bertz CT molecular complexity index is 1030. The second-order valence-electron chi connectivity index (χ2n) is 5.91. The third-order valence-electron chi connectivity index (χ3n) is 4.12. The molecule has 8 nitrogen and oxygen atoms in total. The fraction of sp³-hybridized carbons (Fsp3) is 0.176. The Hall–Kier alpha value is -2.49. The molecule has 0 aliphatic carbocycles. The predicted molar refractivity (Wildman–Crippen MR) is 108 cm³/mol. The third kappa shape index (κ3) is 4.01. The maximum atomic E-state index is 12.8. The molecule has 1 aliphatic rings. The van der Waals surface area contributed by atoms with Gasteiger partial charge in [-0.25, -0.2) is 22.9 Å². The number of urea groups is 2. The van der Waals surface area contributed by atoms with Gasteiger partial charge in [0.1, 0.15) is 4.90 Å². The van der Waals surface area contributed by atoms with Gasteiger partial charge >= 0.3 is 12.1 Å². The lowest BCUT2D eigenvalue weighted by Gasteiger charge is -2.21. The Morgan fingerprint density at radius 2 is 1.86 bits per heavy atom. The van der Waals surface area contributed by atoms with Crippen molar-refractivity contribution in [2.75, 3.05) is 29.8 Å². The van der Waals surface area contributed by atoms with Crippen LogP contribution in [0.15, 0.2) is 47.4 Å².